The predicted molar refractivity (Wildman–Crippen MR) is 84.7 cm³/mol. The molecule has 3 nitrogen and oxygen atoms in total. The summed E-state index contributed by atoms with van der Waals surface area (Å²) in [5, 5.41) is 3.49. The van der Waals surface area contributed by atoms with Gasteiger partial charge >= 0.3 is 0 Å². The van der Waals surface area contributed by atoms with Crippen molar-refractivity contribution in [1.82, 2.24) is 15.1 Å². The first-order valence-corrected chi connectivity index (χ1v) is 8.38. The van der Waals surface area contributed by atoms with Crippen LogP contribution in [0.3, 0.4) is 0 Å². The fourth-order valence-electron chi connectivity index (χ4n) is 3.11. The topological polar surface area (TPSA) is 18.5 Å². The van der Waals surface area contributed by atoms with Crippen LogP contribution >= 0.6 is 0 Å². The lowest BCUT2D eigenvalue weighted by Gasteiger charge is -2.26. The molecule has 1 fully saturated rings. The third-order valence-electron chi connectivity index (χ3n) is 4.61. The highest BCUT2D eigenvalue weighted by atomic mass is 15.2. The molecule has 0 aliphatic carbocycles. The molecule has 0 aromatic carbocycles. The summed E-state index contributed by atoms with van der Waals surface area (Å²) in [5.74, 6) is 0.880. The van der Waals surface area contributed by atoms with E-state index < -0.39 is 0 Å². The first kappa shape index (κ1) is 16.9. The van der Waals surface area contributed by atoms with Crippen LogP contribution in [-0.2, 0) is 0 Å². The zero-order valence-electron chi connectivity index (χ0n) is 13.6. The minimum absolute atomic E-state index is 0.766. The Hall–Kier alpha value is -0.120. The van der Waals surface area contributed by atoms with Crippen molar-refractivity contribution in [3.8, 4) is 0 Å². The minimum Gasteiger partial charge on any atom is -0.317 e. The Kier molecular flexibility index (Phi) is 8.67. The molecule has 0 amide bonds. The fourth-order valence-corrected chi connectivity index (χ4v) is 3.11. The molecule has 0 spiro atoms. The molecule has 0 saturated carbocycles. The van der Waals surface area contributed by atoms with E-state index in [0.29, 0.717) is 0 Å². The summed E-state index contributed by atoms with van der Waals surface area (Å²) in [4.78, 5) is 5.23. The van der Waals surface area contributed by atoms with Gasteiger partial charge in [0.2, 0.25) is 0 Å². The molecule has 1 saturated heterocycles. The predicted octanol–water partition coefficient (Wildman–Crippen LogP) is 2.43. The number of rotatable bonds is 10. The van der Waals surface area contributed by atoms with Gasteiger partial charge in [0.05, 0.1) is 0 Å². The Morgan fingerprint density at radius 2 is 2.00 bits per heavy atom. The van der Waals surface area contributed by atoms with E-state index >= 15 is 0 Å². The molecular formula is C16H35N3. The second-order valence-corrected chi connectivity index (χ2v) is 5.98. The fraction of sp³-hybridized carbons (Fsp3) is 1.00. The number of nitrogens with one attached hydrogen (secondary N) is 1. The number of likely N-dealkylation sites (tertiary alicyclic amines) is 1. The lowest BCUT2D eigenvalue weighted by atomic mass is 10.1. The third-order valence-corrected chi connectivity index (χ3v) is 4.61. The van der Waals surface area contributed by atoms with Crippen molar-refractivity contribution in [2.75, 3.05) is 45.8 Å². The molecule has 1 heterocycles. The summed E-state index contributed by atoms with van der Waals surface area (Å²) >= 11 is 0. The summed E-state index contributed by atoms with van der Waals surface area (Å²) in [7, 11) is 0. The number of hydrogen-bond acceptors (Lipinski definition) is 3. The van der Waals surface area contributed by atoms with E-state index in [0.717, 1.165) is 18.5 Å². The molecule has 1 rings (SSSR count). The van der Waals surface area contributed by atoms with Crippen molar-refractivity contribution < 1.29 is 0 Å². The molecule has 1 aliphatic heterocycles. The van der Waals surface area contributed by atoms with E-state index in [4.69, 9.17) is 0 Å². The van der Waals surface area contributed by atoms with Crippen LogP contribution in [0.4, 0.5) is 0 Å². The quantitative estimate of drug-likeness (QED) is 0.657. The van der Waals surface area contributed by atoms with Gasteiger partial charge in [-0.05, 0) is 71.4 Å². The van der Waals surface area contributed by atoms with Crippen LogP contribution in [0, 0.1) is 5.92 Å². The third kappa shape index (κ3) is 6.24. The first-order chi connectivity index (χ1) is 9.21. The van der Waals surface area contributed by atoms with E-state index in [9.17, 15) is 0 Å². The molecule has 0 aromatic heterocycles. The molecule has 2 unspecified atom stereocenters. The SMILES string of the molecule is CCNCC1CCN(C(C)CCCN(CC)CC)C1. The molecule has 19 heavy (non-hydrogen) atoms. The second kappa shape index (κ2) is 9.73. The molecular weight excluding hydrogens is 234 g/mol. The highest BCUT2D eigenvalue weighted by Gasteiger charge is 2.25. The van der Waals surface area contributed by atoms with Gasteiger partial charge < -0.3 is 15.1 Å². The van der Waals surface area contributed by atoms with Crippen LogP contribution in [0.2, 0.25) is 0 Å². The van der Waals surface area contributed by atoms with Crippen LogP contribution in [0.1, 0.15) is 47.0 Å². The van der Waals surface area contributed by atoms with Gasteiger partial charge in [0.1, 0.15) is 0 Å². The van der Waals surface area contributed by atoms with Crippen LogP contribution in [0.25, 0.3) is 0 Å². The summed E-state index contributed by atoms with van der Waals surface area (Å²) in [6, 6.07) is 0.766. The summed E-state index contributed by atoms with van der Waals surface area (Å²) in [6.45, 7) is 17.7. The van der Waals surface area contributed by atoms with Crippen molar-refractivity contribution in [3.05, 3.63) is 0 Å². The maximum absolute atomic E-state index is 3.49. The Labute approximate surface area is 120 Å². The van der Waals surface area contributed by atoms with Gasteiger partial charge in [-0.2, -0.15) is 0 Å². The summed E-state index contributed by atoms with van der Waals surface area (Å²) in [5.41, 5.74) is 0. The van der Waals surface area contributed by atoms with Crippen LogP contribution in [0.15, 0.2) is 0 Å². The van der Waals surface area contributed by atoms with Gasteiger partial charge in [-0.15, -0.1) is 0 Å². The Balaban J connectivity index is 2.14. The van der Waals surface area contributed by atoms with Gasteiger partial charge in [-0.3, -0.25) is 0 Å². The van der Waals surface area contributed by atoms with Gasteiger partial charge in [0, 0.05) is 12.6 Å². The van der Waals surface area contributed by atoms with Gasteiger partial charge in [-0.25, -0.2) is 0 Å². The standard InChI is InChI=1S/C16H35N3/c1-5-17-13-16-10-12-19(14-16)15(4)9-8-11-18(6-2)7-3/h15-17H,5-14H2,1-4H3. The minimum atomic E-state index is 0.766. The summed E-state index contributed by atoms with van der Waals surface area (Å²) < 4.78 is 0. The van der Waals surface area contributed by atoms with Crippen LogP contribution in [0.5, 0.6) is 0 Å². The zero-order valence-corrected chi connectivity index (χ0v) is 13.6. The van der Waals surface area contributed by atoms with Crippen LogP contribution in [-0.4, -0.2) is 61.7 Å². The van der Waals surface area contributed by atoms with Gasteiger partial charge in [0.25, 0.3) is 0 Å². The average molecular weight is 269 g/mol. The smallest absolute Gasteiger partial charge is 0.00675 e. The maximum atomic E-state index is 3.49. The molecule has 2 atom stereocenters. The number of nitrogens with zero attached hydrogens (tertiary/aromatic N) is 2. The van der Waals surface area contributed by atoms with E-state index in [-0.39, 0.29) is 0 Å². The molecule has 1 aliphatic rings. The lowest BCUT2D eigenvalue weighted by molar-refractivity contribution is 0.219. The monoisotopic (exact) mass is 269 g/mol. The van der Waals surface area contributed by atoms with Gasteiger partial charge in [0.15, 0.2) is 0 Å². The second-order valence-electron chi connectivity index (χ2n) is 5.98. The summed E-state index contributed by atoms with van der Waals surface area (Å²) in [6.07, 6.45) is 4.08. The molecule has 0 bridgehead atoms. The van der Waals surface area contributed by atoms with E-state index in [2.05, 4.69) is 42.8 Å². The Morgan fingerprint density at radius 1 is 1.26 bits per heavy atom. The van der Waals surface area contributed by atoms with Crippen molar-refractivity contribution in [3.63, 3.8) is 0 Å². The van der Waals surface area contributed by atoms with Crippen molar-refractivity contribution in [2.24, 2.45) is 5.92 Å². The molecule has 0 radical (unpaired) electrons. The molecule has 3 heteroatoms. The highest BCUT2D eigenvalue weighted by Crippen LogP contribution is 2.20. The lowest BCUT2D eigenvalue weighted by Crippen LogP contribution is -2.33. The zero-order chi connectivity index (χ0) is 14.1. The van der Waals surface area contributed by atoms with Crippen molar-refractivity contribution >= 4 is 0 Å². The molecule has 1 N–H and O–H groups in total. The molecule has 0 aromatic rings. The number of hydrogen-bond donors (Lipinski definition) is 1. The Bertz CT molecular complexity index is 216. The van der Waals surface area contributed by atoms with E-state index in [1.165, 1.54) is 58.5 Å². The van der Waals surface area contributed by atoms with Crippen LogP contribution < -0.4 is 5.32 Å². The van der Waals surface area contributed by atoms with Gasteiger partial charge in [-0.1, -0.05) is 20.8 Å². The first-order valence-electron chi connectivity index (χ1n) is 8.38. The normalized spacial score (nSPS) is 22.3. The van der Waals surface area contributed by atoms with E-state index in [1.54, 1.807) is 0 Å². The maximum Gasteiger partial charge on any atom is 0.00675 e. The molecule has 114 valence electrons. The van der Waals surface area contributed by atoms with Crippen molar-refractivity contribution in [1.29, 1.82) is 0 Å². The van der Waals surface area contributed by atoms with E-state index in [1.807, 2.05) is 0 Å². The largest absolute Gasteiger partial charge is 0.317 e. The Morgan fingerprint density at radius 3 is 2.63 bits per heavy atom. The highest BCUT2D eigenvalue weighted by molar-refractivity contribution is 4.80. The average Bonchev–Trinajstić information content (AvgIpc) is 2.90. The van der Waals surface area contributed by atoms with Crippen molar-refractivity contribution in [2.45, 2.75) is 53.0 Å².